The topological polar surface area (TPSA) is 40.5 Å². The van der Waals surface area contributed by atoms with Crippen molar-refractivity contribution >= 4 is 11.6 Å². The molecule has 0 heterocycles. The molecule has 0 aliphatic heterocycles. The van der Waals surface area contributed by atoms with Crippen LogP contribution in [0, 0.1) is 0 Å². The highest BCUT2D eigenvalue weighted by atomic mass is 35.5. The van der Waals surface area contributed by atoms with Gasteiger partial charge in [0.05, 0.1) is 5.60 Å². The molecular formula is C13H17ClO2. The van der Waals surface area contributed by atoms with Gasteiger partial charge < -0.3 is 10.2 Å². The van der Waals surface area contributed by atoms with Crippen molar-refractivity contribution in [2.75, 3.05) is 0 Å². The third-order valence-electron chi connectivity index (χ3n) is 3.17. The molecule has 3 heteroatoms. The zero-order valence-electron chi connectivity index (χ0n) is 9.63. The van der Waals surface area contributed by atoms with E-state index in [2.05, 4.69) is 0 Å². The molecule has 0 bridgehead atoms. The number of benzene rings is 1. The summed E-state index contributed by atoms with van der Waals surface area (Å²) in [5, 5.41) is 20.4. The minimum Gasteiger partial charge on any atom is -0.508 e. The lowest BCUT2D eigenvalue weighted by atomic mass is 9.98. The van der Waals surface area contributed by atoms with Crippen molar-refractivity contribution in [3.63, 3.8) is 0 Å². The Hall–Kier alpha value is -0.730. The van der Waals surface area contributed by atoms with Crippen LogP contribution >= 0.6 is 11.6 Å². The molecular weight excluding hydrogens is 224 g/mol. The third kappa shape index (κ3) is 2.33. The highest BCUT2D eigenvalue weighted by Crippen LogP contribution is 2.41. The summed E-state index contributed by atoms with van der Waals surface area (Å²) in [6.45, 7) is 4.07. The van der Waals surface area contributed by atoms with Gasteiger partial charge in [-0.15, -0.1) is 0 Å². The maximum atomic E-state index is 9.89. The van der Waals surface area contributed by atoms with Crippen molar-refractivity contribution in [2.24, 2.45) is 0 Å². The van der Waals surface area contributed by atoms with E-state index in [0.29, 0.717) is 11.4 Å². The van der Waals surface area contributed by atoms with Crippen molar-refractivity contribution in [1.29, 1.82) is 0 Å². The van der Waals surface area contributed by atoms with E-state index >= 15 is 0 Å². The van der Waals surface area contributed by atoms with E-state index in [-0.39, 0.29) is 11.7 Å². The lowest BCUT2D eigenvalue weighted by Gasteiger charge is -2.14. The normalized spacial score (nSPS) is 17.8. The Bertz CT molecular complexity index is 409. The predicted octanol–water partition coefficient (Wildman–Crippen LogP) is 3.24. The van der Waals surface area contributed by atoms with Crippen LogP contribution in [0.3, 0.4) is 0 Å². The number of rotatable bonds is 3. The Morgan fingerprint density at radius 2 is 2.00 bits per heavy atom. The summed E-state index contributed by atoms with van der Waals surface area (Å²) in [7, 11) is 0. The summed E-state index contributed by atoms with van der Waals surface area (Å²) in [5.74, 6) is 0.532. The lowest BCUT2D eigenvalue weighted by molar-refractivity contribution is 0.150. The number of hydrogen-bond acceptors (Lipinski definition) is 2. The smallest absolute Gasteiger partial charge is 0.119 e. The van der Waals surface area contributed by atoms with Crippen LogP contribution in [0.5, 0.6) is 5.75 Å². The van der Waals surface area contributed by atoms with Crippen molar-refractivity contribution in [3.8, 4) is 5.75 Å². The van der Waals surface area contributed by atoms with Gasteiger partial charge in [0.1, 0.15) is 5.75 Å². The summed E-state index contributed by atoms with van der Waals surface area (Å²) < 4.78 is 0. The predicted molar refractivity (Wildman–Crippen MR) is 65.1 cm³/mol. The van der Waals surface area contributed by atoms with Crippen LogP contribution in [-0.2, 0) is 6.42 Å². The highest BCUT2D eigenvalue weighted by Gasteiger charge is 2.40. The second-order valence-corrected chi connectivity index (χ2v) is 5.47. The molecule has 1 aliphatic carbocycles. The van der Waals surface area contributed by atoms with E-state index in [1.165, 1.54) is 0 Å². The molecule has 0 unspecified atom stereocenters. The van der Waals surface area contributed by atoms with Crippen LogP contribution in [0.1, 0.15) is 43.7 Å². The average Bonchev–Trinajstić information content (AvgIpc) is 2.89. The molecule has 0 spiro atoms. The van der Waals surface area contributed by atoms with E-state index in [4.69, 9.17) is 11.6 Å². The average molecular weight is 241 g/mol. The van der Waals surface area contributed by atoms with Crippen LogP contribution in [0.2, 0.25) is 5.02 Å². The molecule has 88 valence electrons. The maximum Gasteiger partial charge on any atom is 0.119 e. The van der Waals surface area contributed by atoms with Gasteiger partial charge in [0.15, 0.2) is 0 Å². The van der Waals surface area contributed by atoms with Crippen LogP contribution in [0.4, 0.5) is 0 Å². The molecule has 2 rings (SSSR count). The molecule has 16 heavy (non-hydrogen) atoms. The number of phenolic OH excluding ortho intramolecular Hbond substituents is 1. The molecule has 1 aliphatic rings. The third-order valence-corrected chi connectivity index (χ3v) is 3.49. The zero-order chi connectivity index (χ0) is 11.9. The summed E-state index contributed by atoms with van der Waals surface area (Å²) in [5.41, 5.74) is 1.10. The summed E-state index contributed by atoms with van der Waals surface area (Å²) in [4.78, 5) is 0. The standard InChI is InChI=1S/C13H17ClO2/c1-8(2)10-6-12(15)9(5-11(10)14)7-13(16)3-4-13/h5-6,8,15-16H,3-4,7H2,1-2H3. The van der Waals surface area contributed by atoms with Crippen molar-refractivity contribution < 1.29 is 10.2 Å². The van der Waals surface area contributed by atoms with Gasteiger partial charge in [0, 0.05) is 11.4 Å². The number of aromatic hydroxyl groups is 1. The second kappa shape index (κ2) is 3.94. The van der Waals surface area contributed by atoms with Gasteiger partial charge >= 0.3 is 0 Å². The molecule has 2 nitrogen and oxygen atoms in total. The van der Waals surface area contributed by atoms with Gasteiger partial charge in [-0.2, -0.15) is 0 Å². The Balaban J connectivity index is 2.30. The Kier molecular flexibility index (Phi) is 2.89. The molecule has 0 saturated heterocycles. The minimum atomic E-state index is -0.597. The fourth-order valence-corrected chi connectivity index (χ4v) is 2.28. The van der Waals surface area contributed by atoms with Crippen LogP contribution in [0.25, 0.3) is 0 Å². The Labute approximate surface area is 101 Å². The lowest BCUT2D eigenvalue weighted by Crippen LogP contribution is -2.11. The van der Waals surface area contributed by atoms with E-state index in [1.807, 2.05) is 13.8 Å². The number of halogens is 1. The fraction of sp³-hybridized carbons (Fsp3) is 0.538. The van der Waals surface area contributed by atoms with Gasteiger partial charge in [0.25, 0.3) is 0 Å². The van der Waals surface area contributed by atoms with Crippen molar-refractivity contribution in [2.45, 2.75) is 44.6 Å². The van der Waals surface area contributed by atoms with Gasteiger partial charge in [0.2, 0.25) is 0 Å². The van der Waals surface area contributed by atoms with Gasteiger partial charge in [-0.3, -0.25) is 0 Å². The zero-order valence-corrected chi connectivity index (χ0v) is 10.4. The van der Waals surface area contributed by atoms with E-state index < -0.39 is 5.60 Å². The second-order valence-electron chi connectivity index (χ2n) is 5.06. The number of aliphatic hydroxyl groups is 1. The SMILES string of the molecule is CC(C)c1cc(O)c(CC2(O)CC2)cc1Cl. The first-order chi connectivity index (χ1) is 7.41. The van der Waals surface area contributed by atoms with Crippen LogP contribution in [-0.4, -0.2) is 15.8 Å². The van der Waals surface area contributed by atoms with Crippen LogP contribution < -0.4 is 0 Å². The van der Waals surface area contributed by atoms with E-state index in [0.717, 1.165) is 24.0 Å². The number of hydrogen-bond donors (Lipinski definition) is 2. The minimum absolute atomic E-state index is 0.244. The summed E-state index contributed by atoms with van der Waals surface area (Å²) >= 11 is 6.15. The molecule has 0 aromatic heterocycles. The van der Waals surface area contributed by atoms with Gasteiger partial charge in [-0.05, 0) is 42.0 Å². The quantitative estimate of drug-likeness (QED) is 0.852. The van der Waals surface area contributed by atoms with E-state index in [1.54, 1.807) is 12.1 Å². The molecule has 2 N–H and O–H groups in total. The maximum absolute atomic E-state index is 9.89. The molecule has 0 radical (unpaired) electrons. The number of phenols is 1. The first kappa shape index (κ1) is 11.7. The largest absolute Gasteiger partial charge is 0.508 e. The Morgan fingerprint density at radius 3 is 2.50 bits per heavy atom. The molecule has 1 aromatic carbocycles. The van der Waals surface area contributed by atoms with Crippen molar-refractivity contribution in [3.05, 3.63) is 28.3 Å². The molecule has 1 saturated carbocycles. The van der Waals surface area contributed by atoms with Gasteiger partial charge in [-0.25, -0.2) is 0 Å². The summed E-state index contributed by atoms with van der Waals surface area (Å²) in [6.07, 6.45) is 2.13. The molecule has 1 fully saturated rings. The molecule has 0 atom stereocenters. The first-order valence-electron chi connectivity index (χ1n) is 5.65. The summed E-state index contributed by atoms with van der Waals surface area (Å²) in [6, 6.07) is 3.50. The van der Waals surface area contributed by atoms with Crippen LogP contribution in [0.15, 0.2) is 12.1 Å². The molecule has 1 aromatic rings. The Morgan fingerprint density at radius 1 is 1.38 bits per heavy atom. The molecule has 0 amide bonds. The van der Waals surface area contributed by atoms with E-state index in [9.17, 15) is 10.2 Å². The van der Waals surface area contributed by atoms with Gasteiger partial charge in [-0.1, -0.05) is 25.4 Å². The highest BCUT2D eigenvalue weighted by molar-refractivity contribution is 6.31. The fourth-order valence-electron chi connectivity index (χ4n) is 1.88. The van der Waals surface area contributed by atoms with Crippen molar-refractivity contribution in [1.82, 2.24) is 0 Å². The first-order valence-corrected chi connectivity index (χ1v) is 6.03. The monoisotopic (exact) mass is 240 g/mol.